The first kappa shape index (κ1) is 20.5. The highest BCUT2D eigenvalue weighted by Gasteiger charge is 2.09. The van der Waals surface area contributed by atoms with E-state index in [1.54, 1.807) is 30.3 Å². The van der Waals surface area contributed by atoms with Crippen molar-refractivity contribution in [1.82, 2.24) is 5.32 Å². The van der Waals surface area contributed by atoms with Gasteiger partial charge in [-0.2, -0.15) is 0 Å². The number of nitrogens with one attached hydrogen (secondary N) is 2. The molecule has 0 aliphatic carbocycles. The maximum absolute atomic E-state index is 12.1. The number of rotatable bonds is 8. The zero-order valence-electron chi connectivity index (χ0n) is 14.4. The van der Waals surface area contributed by atoms with Gasteiger partial charge in [0.1, 0.15) is 5.75 Å². The van der Waals surface area contributed by atoms with Crippen molar-refractivity contribution >= 4 is 49.4 Å². The first-order valence-corrected chi connectivity index (χ1v) is 9.84. The number of ether oxygens (including phenoxy) is 1. The van der Waals surface area contributed by atoms with Crippen LogP contribution in [-0.4, -0.2) is 25.0 Å². The lowest BCUT2D eigenvalue weighted by atomic mass is 10.2. The summed E-state index contributed by atoms with van der Waals surface area (Å²) in [6.45, 7) is 2.58. The van der Waals surface area contributed by atoms with Crippen molar-refractivity contribution in [1.29, 1.82) is 0 Å². The van der Waals surface area contributed by atoms with Crippen LogP contribution in [0.1, 0.15) is 30.1 Å². The van der Waals surface area contributed by atoms with Crippen LogP contribution < -0.4 is 15.4 Å². The zero-order valence-corrected chi connectivity index (χ0v) is 17.5. The van der Waals surface area contributed by atoms with E-state index in [-0.39, 0.29) is 18.4 Å². The van der Waals surface area contributed by atoms with Gasteiger partial charge in [-0.3, -0.25) is 9.59 Å². The summed E-state index contributed by atoms with van der Waals surface area (Å²) in [7, 11) is 0. The van der Waals surface area contributed by atoms with E-state index in [4.69, 9.17) is 4.74 Å². The molecule has 0 aliphatic rings. The highest BCUT2D eigenvalue weighted by molar-refractivity contribution is 9.11. The fraction of sp³-hybridized carbons (Fsp3) is 0.263. The molecule has 0 spiro atoms. The summed E-state index contributed by atoms with van der Waals surface area (Å²) >= 11 is 6.75. The van der Waals surface area contributed by atoms with Gasteiger partial charge in [0.25, 0.3) is 11.8 Å². The Kier molecular flexibility index (Phi) is 8.12. The Morgan fingerprint density at radius 1 is 1.12 bits per heavy atom. The molecule has 2 rings (SSSR count). The molecule has 0 aromatic heterocycles. The fourth-order valence-electron chi connectivity index (χ4n) is 2.15. The predicted molar refractivity (Wildman–Crippen MR) is 110 cm³/mol. The highest BCUT2D eigenvalue weighted by atomic mass is 79.9. The summed E-state index contributed by atoms with van der Waals surface area (Å²) in [5.74, 6) is 0.125. The van der Waals surface area contributed by atoms with Crippen LogP contribution >= 0.6 is 31.9 Å². The predicted octanol–water partition coefficient (Wildman–Crippen LogP) is 4.76. The molecular formula is C19H20Br2N2O3. The number of halogens is 2. The molecule has 0 saturated heterocycles. The minimum atomic E-state index is -0.302. The van der Waals surface area contributed by atoms with Crippen molar-refractivity contribution in [2.75, 3.05) is 18.5 Å². The fourth-order valence-corrected chi connectivity index (χ4v) is 3.31. The Morgan fingerprint density at radius 3 is 2.65 bits per heavy atom. The second-order valence-electron chi connectivity index (χ2n) is 5.60. The topological polar surface area (TPSA) is 67.4 Å². The van der Waals surface area contributed by atoms with Crippen LogP contribution in [0.5, 0.6) is 5.75 Å². The summed E-state index contributed by atoms with van der Waals surface area (Å²) in [5, 5.41) is 5.59. The lowest BCUT2D eigenvalue weighted by Gasteiger charge is -2.10. The number of amides is 2. The van der Waals surface area contributed by atoms with Crippen molar-refractivity contribution in [3.05, 3.63) is 57.0 Å². The van der Waals surface area contributed by atoms with Gasteiger partial charge in [0.2, 0.25) is 0 Å². The Morgan fingerprint density at radius 2 is 1.92 bits per heavy atom. The monoisotopic (exact) mass is 482 g/mol. The molecule has 0 bridgehead atoms. The van der Waals surface area contributed by atoms with E-state index >= 15 is 0 Å². The van der Waals surface area contributed by atoms with E-state index in [1.165, 1.54) is 0 Å². The quantitative estimate of drug-likeness (QED) is 0.532. The molecule has 7 heteroatoms. The third-order valence-electron chi connectivity index (χ3n) is 3.48. The van der Waals surface area contributed by atoms with Crippen LogP contribution in [0.2, 0.25) is 0 Å². The van der Waals surface area contributed by atoms with Crippen molar-refractivity contribution in [3.8, 4) is 5.75 Å². The third-order valence-corrected chi connectivity index (χ3v) is 4.59. The molecule has 2 N–H and O–H groups in total. The third kappa shape index (κ3) is 6.46. The molecule has 138 valence electrons. The smallest absolute Gasteiger partial charge is 0.262 e. The van der Waals surface area contributed by atoms with Crippen molar-refractivity contribution < 1.29 is 14.3 Å². The van der Waals surface area contributed by atoms with Crippen molar-refractivity contribution in [3.63, 3.8) is 0 Å². The molecule has 2 aromatic rings. The molecule has 0 radical (unpaired) electrons. The normalized spacial score (nSPS) is 10.3. The second kappa shape index (κ2) is 10.3. The number of unbranched alkanes of at least 4 members (excludes halogenated alkanes) is 1. The van der Waals surface area contributed by atoms with Gasteiger partial charge in [0.15, 0.2) is 6.61 Å². The summed E-state index contributed by atoms with van der Waals surface area (Å²) < 4.78 is 7.18. The van der Waals surface area contributed by atoms with Gasteiger partial charge in [0.05, 0.1) is 4.47 Å². The molecule has 0 heterocycles. The van der Waals surface area contributed by atoms with Crippen molar-refractivity contribution in [2.45, 2.75) is 19.8 Å². The first-order valence-electron chi connectivity index (χ1n) is 8.25. The highest BCUT2D eigenvalue weighted by Crippen LogP contribution is 2.28. The van der Waals surface area contributed by atoms with Crippen LogP contribution in [0.15, 0.2) is 51.4 Å². The molecule has 0 saturated carbocycles. The molecule has 2 aromatic carbocycles. The molecule has 2 amide bonds. The molecular weight excluding hydrogens is 464 g/mol. The van der Waals surface area contributed by atoms with E-state index in [0.717, 1.165) is 21.8 Å². The number of anilines is 1. The maximum atomic E-state index is 12.1. The minimum absolute atomic E-state index is 0.132. The lowest BCUT2D eigenvalue weighted by molar-refractivity contribution is -0.118. The number of hydrogen-bond donors (Lipinski definition) is 2. The summed E-state index contributed by atoms with van der Waals surface area (Å²) in [4.78, 5) is 24.2. The Bertz CT molecular complexity index is 781. The number of benzene rings is 2. The number of hydrogen-bond acceptors (Lipinski definition) is 3. The Balaban J connectivity index is 1.90. The summed E-state index contributed by atoms with van der Waals surface area (Å²) in [6, 6.07) is 12.3. The molecule has 5 nitrogen and oxygen atoms in total. The van der Waals surface area contributed by atoms with Gasteiger partial charge in [0, 0.05) is 22.3 Å². The van der Waals surface area contributed by atoms with Gasteiger partial charge in [-0.1, -0.05) is 35.3 Å². The SMILES string of the molecule is CCCCNC(=O)c1cccc(NC(=O)COc2ccc(Br)cc2Br)c1. The van der Waals surface area contributed by atoms with Crippen LogP contribution in [0, 0.1) is 0 Å². The summed E-state index contributed by atoms with van der Waals surface area (Å²) in [6.07, 6.45) is 1.95. The van der Waals surface area contributed by atoms with Crippen LogP contribution in [0.25, 0.3) is 0 Å². The molecule has 0 aliphatic heterocycles. The first-order chi connectivity index (χ1) is 12.5. The van der Waals surface area contributed by atoms with Crippen LogP contribution in [-0.2, 0) is 4.79 Å². The van der Waals surface area contributed by atoms with E-state index in [0.29, 0.717) is 23.5 Å². The standard InChI is InChI=1S/C19H20Br2N2O3/c1-2-3-9-22-19(25)13-5-4-6-15(10-13)23-18(24)12-26-17-8-7-14(20)11-16(17)21/h4-8,10-11H,2-3,9,12H2,1H3,(H,22,25)(H,23,24). The largest absolute Gasteiger partial charge is 0.483 e. The van der Waals surface area contributed by atoms with Gasteiger partial charge in [-0.15, -0.1) is 0 Å². The van der Waals surface area contributed by atoms with E-state index in [9.17, 15) is 9.59 Å². The summed E-state index contributed by atoms with van der Waals surface area (Å²) in [5.41, 5.74) is 1.06. The zero-order chi connectivity index (χ0) is 18.9. The lowest BCUT2D eigenvalue weighted by Crippen LogP contribution is -2.25. The number of carbonyl (C=O) groups excluding carboxylic acids is 2. The van der Waals surface area contributed by atoms with Gasteiger partial charge >= 0.3 is 0 Å². The average Bonchev–Trinajstić information content (AvgIpc) is 2.61. The van der Waals surface area contributed by atoms with E-state index in [2.05, 4.69) is 49.4 Å². The Hall–Kier alpha value is -1.86. The molecule has 0 unspecified atom stereocenters. The van der Waals surface area contributed by atoms with Gasteiger partial charge in [-0.25, -0.2) is 0 Å². The average molecular weight is 484 g/mol. The molecule has 26 heavy (non-hydrogen) atoms. The molecule has 0 fully saturated rings. The Labute approximate surface area is 169 Å². The number of carbonyl (C=O) groups is 2. The van der Waals surface area contributed by atoms with Crippen molar-refractivity contribution in [2.24, 2.45) is 0 Å². The van der Waals surface area contributed by atoms with E-state index in [1.807, 2.05) is 12.1 Å². The van der Waals surface area contributed by atoms with E-state index < -0.39 is 0 Å². The maximum Gasteiger partial charge on any atom is 0.262 e. The van der Waals surface area contributed by atoms with Gasteiger partial charge in [-0.05, 0) is 58.7 Å². The minimum Gasteiger partial charge on any atom is -0.483 e. The molecule has 0 atom stereocenters. The second-order valence-corrected chi connectivity index (χ2v) is 7.37. The van der Waals surface area contributed by atoms with Crippen LogP contribution in [0.3, 0.4) is 0 Å². The van der Waals surface area contributed by atoms with Gasteiger partial charge < -0.3 is 15.4 Å². The van der Waals surface area contributed by atoms with Crippen LogP contribution in [0.4, 0.5) is 5.69 Å².